The van der Waals surface area contributed by atoms with Crippen LogP contribution in [0.2, 0.25) is 0 Å². The van der Waals surface area contributed by atoms with Crippen molar-refractivity contribution in [3.8, 4) is 0 Å². The van der Waals surface area contributed by atoms with Crippen molar-refractivity contribution < 1.29 is 19.3 Å². The van der Waals surface area contributed by atoms with Crippen molar-refractivity contribution in [1.82, 2.24) is 14.8 Å². The van der Waals surface area contributed by atoms with Gasteiger partial charge < -0.3 is 34.9 Å². The maximum atomic E-state index is 11.1. The van der Waals surface area contributed by atoms with Gasteiger partial charge in [-0.05, 0) is 58.0 Å². The van der Waals surface area contributed by atoms with E-state index in [0.717, 1.165) is 50.2 Å². The Kier molecular flexibility index (Phi) is 7.41. The molecule has 0 aromatic rings. The van der Waals surface area contributed by atoms with Gasteiger partial charge in [0, 0.05) is 36.5 Å². The van der Waals surface area contributed by atoms with Crippen LogP contribution in [0.3, 0.4) is 0 Å². The molecule has 3 N–H and O–H groups in total. The monoisotopic (exact) mass is 527 g/mol. The summed E-state index contributed by atoms with van der Waals surface area (Å²) in [6.07, 6.45) is 9.60. The van der Waals surface area contributed by atoms with Gasteiger partial charge in [0.05, 0.1) is 44.9 Å². The average molecular weight is 528 g/mol. The molecule has 0 radical (unpaired) electrons. The third kappa shape index (κ3) is 5.32. The summed E-state index contributed by atoms with van der Waals surface area (Å²) in [6, 6.07) is 0.718. The van der Waals surface area contributed by atoms with Gasteiger partial charge in [0.15, 0.2) is 6.23 Å². The summed E-state index contributed by atoms with van der Waals surface area (Å²) in [5.74, 6) is -0.0417. The Morgan fingerprint density at radius 3 is 2.74 bits per heavy atom. The second-order valence-corrected chi connectivity index (χ2v) is 11.5. The van der Waals surface area contributed by atoms with Crippen LogP contribution in [0.15, 0.2) is 38.5 Å². The Bertz CT molecular complexity index is 1030. The lowest BCUT2D eigenvalue weighted by atomic mass is 9.81. The number of aliphatic hydroxyl groups is 1. The topological polar surface area (TPSA) is 121 Å². The zero-order chi connectivity index (χ0) is 26.3. The molecule has 5 aliphatic heterocycles. The first-order valence-electron chi connectivity index (χ1n) is 14.0. The van der Waals surface area contributed by atoms with Crippen LogP contribution >= 0.6 is 0 Å². The highest BCUT2D eigenvalue weighted by molar-refractivity contribution is 6.32. The van der Waals surface area contributed by atoms with Crippen LogP contribution < -0.4 is 5.73 Å². The number of rotatable bonds is 6. The maximum Gasteiger partial charge on any atom is 0.184 e. The van der Waals surface area contributed by atoms with Crippen molar-refractivity contribution in [2.45, 2.75) is 62.4 Å². The quantitative estimate of drug-likeness (QED) is 0.503. The maximum absolute atomic E-state index is 11.1. The molecule has 0 saturated carbocycles. The van der Waals surface area contributed by atoms with E-state index in [1.54, 1.807) is 6.21 Å². The average Bonchev–Trinajstić information content (AvgIpc) is 3.37. The van der Waals surface area contributed by atoms with E-state index in [-0.39, 0.29) is 18.1 Å². The van der Waals surface area contributed by atoms with Gasteiger partial charge in [0.25, 0.3) is 0 Å². The normalized spacial score (nSPS) is 36.1. The Morgan fingerprint density at radius 2 is 2.00 bits per heavy atom. The first-order chi connectivity index (χ1) is 18.4. The molecule has 6 rings (SSSR count). The predicted octanol–water partition coefficient (Wildman–Crippen LogP) is 0.216. The molecule has 0 aromatic carbocycles. The second kappa shape index (κ2) is 10.8. The molecule has 11 heteroatoms. The molecule has 5 atom stereocenters. The summed E-state index contributed by atoms with van der Waals surface area (Å²) in [7, 11) is 2.17. The molecule has 0 spiro atoms. The summed E-state index contributed by atoms with van der Waals surface area (Å²) in [6.45, 7) is 7.91. The molecular weight excluding hydrogens is 486 g/mol. The van der Waals surface area contributed by atoms with Gasteiger partial charge in [-0.15, -0.1) is 0 Å². The molecule has 11 nitrogen and oxygen atoms in total. The first kappa shape index (κ1) is 26.1. The fourth-order valence-corrected chi connectivity index (χ4v) is 6.11. The number of likely N-dealkylation sites (tertiary alicyclic amines) is 1. The summed E-state index contributed by atoms with van der Waals surface area (Å²) < 4.78 is 17.4. The molecule has 3 saturated heterocycles. The van der Waals surface area contributed by atoms with Gasteiger partial charge in [-0.25, -0.2) is 0 Å². The smallest absolute Gasteiger partial charge is 0.184 e. The minimum absolute atomic E-state index is 0.0417. The minimum atomic E-state index is -0.962. The Morgan fingerprint density at radius 1 is 1.18 bits per heavy atom. The van der Waals surface area contributed by atoms with E-state index in [1.165, 1.54) is 5.70 Å². The fraction of sp³-hybridized carbons (Fsp3) is 0.741. The molecule has 0 amide bonds. The lowest BCUT2D eigenvalue weighted by Gasteiger charge is -2.43. The van der Waals surface area contributed by atoms with E-state index in [1.807, 2.05) is 6.21 Å². The zero-order valence-corrected chi connectivity index (χ0v) is 22.5. The Hall–Kier alpha value is -2.15. The highest BCUT2D eigenvalue weighted by atomic mass is 16.5. The van der Waals surface area contributed by atoms with Crippen LogP contribution in [0.5, 0.6) is 0 Å². The highest BCUT2D eigenvalue weighted by Gasteiger charge is 2.42. The molecule has 5 heterocycles. The molecule has 6 aliphatic rings. The number of nitrogens with zero attached hydrogens (tertiary/aromatic N) is 6. The van der Waals surface area contributed by atoms with Crippen molar-refractivity contribution in [2.24, 2.45) is 26.7 Å². The number of ether oxygens (including phenoxy) is 3. The molecule has 38 heavy (non-hydrogen) atoms. The molecular formula is C27H41N7O4. The number of nitrogens with two attached hydrogens (primary N) is 1. The molecule has 3 fully saturated rings. The standard InChI is InChI=1S/C27H41N7O4/c1-18-15-36-8-7-33(18)22-10-19(9-20(11-22)27(35)16-37-17-27)24-13-29-25(28)26(31-24)38-23-12-30-34(14-23)21-3-5-32(2)6-4-21/h9,11-13,18-19,21,23,25-26,35H,3-8,10,14-17,28H2,1-2H3/t18-,19?,23?,25?,26?/m1/s1. The fourth-order valence-electron chi connectivity index (χ4n) is 6.11. The van der Waals surface area contributed by atoms with E-state index in [0.29, 0.717) is 39.0 Å². The largest absolute Gasteiger partial charge is 0.380 e. The third-order valence-electron chi connectivity index (χ3n) is 8.59. The summed E-state index contributed by atoms with van der Waals surface area (Å²) >= 11 is 0. The third-order valence-corrected chi connectivity index (χ3v) is 8.59. The van der Waals surface area contributed by atoms with Gasteiger partial charge >= 0.3 is 0 Å². The van der Waals surface area contributed by atoms with Gasteiger partial charge in [-0.3, -0.25) is 15.0 Å². The molecule has 208 valence electrons. The SMILES string of the molecule is C[C@@H]1COCCN1C1=CC(C2(O)COC2)=CC(C2=NC(OC3C=NN(C4CCN(C)CC4)C3)C(N)N=C2)C1. The molecule has 4 unspecified atom stereocenters. The number of aliphatic imine (C=N–C) groups is 2. The second-order valence-electron chi connectivity index (χ2n) is 11.5. The number of allylic oxidation sites excluding steroid dienone is 2. The van der Waals surface area contributed by atoms with Crippen molar-refractivity contribution in [2.75, 3.05) is 59.7 Å². The summed E-state index contributed by atoms with van der Waals surface area (Å²) in [4.78, 5) is 14.3. The van der Waals surface area contributed by atoms with Crippen LogP contribution in [0.4, 0.5) is 0 Å². The van der Waals surface area contributed by atoms with Crippen LogP contribution in [-0.2, 0) is 14.2 Å². The van der Waals surface area contributed by atoms with E-state index in [9.17, 15) is 5.11 Å². The van der Waals surface area contributed by atoms with E-state index >= 15 is 0 Å². The van der Waals surface area contributed by atoms with Crippen molar-refractivity contribution in [1.29, 1.82) is 0 Å². The number of hydrogen-bond acceptors (Lipinski definition) is 11. The molecule has 0 aromatic heterocycles. The summed E-state index contributed by atoms with van der Waals surface area (Å²) in [5, 5.41) is 18.0. The van der Waals surface area contributed by atoms with Crippen molar-refractivity contribution in [3.05, 3.63) is 23.4 Å². The van der Waals surface area contributed by atoms with Crippen LogP contribution in [0.1, 0.15) is 26.2 Å². The van der Waals surface area contributed by atoms with Gasteiger partial charge in [-0.2, -0.15) is 5.10 Å². The number of hydrogen-bond donors (Lipinski definition) is 2. The predicted molar refractivity (Wildman–Crippen MR) is 145 cm³/mol. The molecule has 0 bridgehead atoms. The van der Waals surface area contributed by atoms with Gasteiger partial charge in [0.1, 0.15) is 17.9 Å². The van der Waals surface area contributed by atoms with Crippen LogP contribution in [-0.4, -0.2) is 134 Å². The van der Waals surface area contributed by atoms with Crippen molar-refractivity contribution >= 4 is 18.1 Å². The highest BCUT2D eigenvalue weighted by Crippen LogP contribution is 2.36. The van der Waals surface area contributed by atoms with Crippen molar-refractivity contribution in [3.63, 3.8) is 0 Å². The molecule has 1 aliphatic carbocycles. The van der Waals surface area contributed by atoms with Crippen LogP contribution in [0, 0.1) is 5.92 Å². The zero-order valence-electron chi connectivity index (χ0n) is 22.5. The number of hydrazone groups is 1. The van der Waals surface area contributed by atoms with E-state index in [4.69, 9.17) is 24.9 Å². The lowest BCUT2D eigenvalue weighted by molar-refractivity contribution is -0.152. The Labute approximate surface area is 224 Å². The lowest BCUT2D eigenvalue weighted by Crippen LogP contribution is -2.52. The van der Waals surface area contributed by atoms with Crippen LogP contribution in [0.25, 0.3) is 0 Å². The number of morpholine rings is 1. The number of piperidine rings is 1. The summed E-state index contributed by atoms with van der Waals surface area (Å²) in [5.41, 5.74) is 8.26. The van der Waals surface area contributed by atoms with E-state index < -0.39 is 18.0 Å². The minimum Gasteiger partial charge on any atom is -0.380 e. The Balaban J connectivity index is 1.16. The van der Waals surface area contributed by atoms with E-state index in [2.05, 4.69) is 51.0 Å². The van der Waals surface area contributed by atoms with Gasteiger partial charge in [0.2, 0.25) is 0 Å². The van der Waals surface area contributed by atoms with Gasteiger partial charge in [-0.1, -0.05) is 6.08 Å². The first-order valence-corrected chi connectivity index (χ1v) is 14.0.